The summed E-state index contributed by atoms with van der Waals surface area (Å²) >= 11 is 0. The number of rotatable bonds is 7. The van der Waals surface area contributed by atoms with E-state index in [1.165, 1.54) is 16.5 Å². The molecule has 6 nitrogen and oxygen atoms in total. The van der Waals surface area contributed by atoms with Gasteiger partial charge in [-0.3, -0.25) is 4.90 Å². The number of aromatic nitrogens is 1. The van der Waals surface area contributed by atoms with Gasteiger partial charge in [0.25, 0.3) is 0 Å². The number of aliphatic hydroxyl groups excluding tert-OH is 1. The van der Waals surface area contributed by atoms with Crippen molar-refractivity contribution >= 4 is 10.9 Å². The molecule has 2 heterocycles. The maximum absolute atomic E-state index is 9.99. The number of nitrogens with zero attached hydrogens (tertiary/aromatic N) is 2. The first-order valence-electron chi connectivity index (χ1n) is 10.4. The highest BCUT2D eigenvalue weighted by Gasteiger charge is 2.33. The van der Waals surface area contributed by atoms with Crippen LogP contribution in [0.3, 0.4) is 0 Å². The summed E-state index contributed by atoms with van der Waals surface area (Å²) in [5.41, 5.74) is 3.55. The smallest absolute Gasteiger partial charge is 0.161 e. The molecule has 0 saturated carbocycles. The average Bonchev–Trinajstić information content (AvgIpc) is 3.20. The summed E-state index contributed by atoms with van der Waals surface area (Å²) < 4.78 is 19.1. The summed E-state index contributed by atoms with van der Waals surface area (Å²) in [5.74, 6) is 1.37. The van der Waals surface area contributed by atoms with Gasteiger partial charge in [-0.2, -0.15) is 0 Å². The van der Waals surface area contributed by atoms with E-state index < -0.39 is 0 Å². The molecular weight excluding hydrogens is 380 g/mol. The van der Waals surface area contributed by atoms with Crippen LogP contribution in [0, 0.1) is 0 Å². The zero-order valence-corrected chi connectivity index (χ0v) is 17.9. The largest absolute Gasteiger partial charge is 0.493 e. The van der Waals surface area contributed by atoms with Crippen molar-refractivity contribution in [2.24, 2.45) is 0 Å². The topological polar surface area (TPSA) is 56.1 Å². The minimum absolute atomic E-state index is 0.0338. The number of aryl methyl sites for hydroxylation is 1. The maximum Gasteiger partial charge on any atom is 0.161 e. The molecule has 1 fully saturated rings. The summed E-state index contributed by atoms with van der Waals surface area (Å²) in [6.07, 6.45) is 1.85. The first-order chi connectivity index (χ1) is 14.7. The molecule has 1 aliphatic rings. The van der Waals surface area contributed by atoms with Crippen LogP contribution < -0.4 is 9.47 Å². The van der Waals surface area contributed by atoms with Crippen molar-refractivity contribution in [3.63, 3.8) is 0 Å². The molecule has 2 atom stereocenters. The van der Waals surface area contributed by atoms with Gasteiger partial charge >= 0.3 is 0 Å². The lowest BCUT2D eigenvalue weighted by atomic mass is 9.97. The van der Waals surface area contributed by atoms with Gasteiger partial charge < -0.3 is 23.9 Å². The molecular formula is C24H30N2O4. The molecule has 1 saturated heterocycles. The van der Waals surface area contributed by atoms with E-state index in [1.54, 1.807) is 14.2 Å². The van der Waals surface area contributed by atoms with Gasteiger partial charge in [0, 0.05) is 31.3 Å². The zero-order valence-electron chi connectivity index (χ0n) is 17.9. The summed E-state index contributed by atoms with van der Waals surface area (Å²) in [4.78, 5) is 2.38. The molecule has 160 valence electrons. The Balaban J connectivity index is 1.65. The van der Waals surface area contributed by atoms with Crippen LogP contribution in [0.1, 0.15) is 24.1 Å². The SMILES string of the molecule is CCn1ccc2cc(CN3CCO[C@H](CO)[C@H]3c3ccc(OC)c(OC)c3)ccc21. The Bertz CT molecular complexity index is 1000. The molecule has 2 aromatic carbocycles. The number of morpholine rings is 1. The third-order valence-electron chi connectivity index (χ3n) is 5.95. The summed E-state index contributed by atoms with van der Waals surface area (Å²) in [6, 6.07) is 14.7. The highest BCUT2D eigenvalue weighted by atomic mass is 16.5. The molecule has 0 amide bonds. The van der Waals surface area contributed by atoms with Crippen LogP contribution in [0.4, 0.5) is 0 Å². The Labute approximate surface area is 177 Å². The molecule has 0 bridgehead atoms. The van der Waals surface area contributed by atoms with Crippen LogP contribution in [0.5, 0.6) is 11.5 Å². The Hall–Kier alpha value is -2.54. The van der Waals surface area contributed by atoms with Crippen molar-refractivity contribution in [1.82, 2.24) is 9.47 Å². The van der Waals surface area contributed by atoms with Crippen LogP contribution in [0.2, 0.25) is 0 Å². The Kier molecular flexibility index (Phi) is 6.27. The van der Waals surface area contributed by atoms with E-state index in [9.17, 15) is 5.11 Å². The number of benzene rings is 2. The molecule has 1 aromatic heterocycles. The minimum Gasteiger partial charge on any atom is -0.493 e. The monoisotopic (exact) mass is 410 g/mol. The first-order valence-corrected chi connectivity index (χ1v) is 10.4. The second-order valence-electron chi connectivity index (χ2n) is 7.62. The number of aliphatic hydroxyl groups is 1. The van der Waals surface area contributed by atoms with E-state index in [0.29, 0.717) is 18.1 Å². The van der Waals surface area contributed by atoms with E-state index in [0.717, 1.165) is 25.2 Å². The van der Waals surface area contributed by atoms with Gasteiger partial charge in [-0.05, 0) is 53.8 Å². The first kappa shape index (κ1) is 20.7. The van der Waals surface area contributed by atoms with Crippen molar-refractivity contribution in [1.29, 1.82) is 0 Å². The van der Waals surface area contributed by atoms with Crippen LogP contribution in [-0.2, 0) is 17.8 Å². The van der Waals surface area contributed by atoms with Gasteiger partial charge in [0.15, 0.2) is 11.5 Å². The third kappa shape index (κ3) is 3.90. The van der Waals surface area contributed by atoms with Crippen LogP contribution in [0.25, 0.3) is 10.9 Å². The molecule has 1 N–H and O–H groups in total. The Morgan fingerprint density at radius 2 is 1.90 bits per heavy atom. The lowest BCUT2D eigenvalue weighted by Crippen LogP contribution is -2.46. The van der Waals surface area contributed by atoms with Crippen molar-refractivity contribution in [3.8, 4) is 11.5 Å². The van der Waals surface area contributed by atoms with E-state index in [4.69, 9.17) is 14.2 Å². The second kappa shape index (κ2) is 9.08. The highest BCUT2D eigenvalue weighted by Crippen LogP contribution is 2.36. The minimum atomic E-state index is -0.290. The maximum atomic E-state index is 9.99. The molecule has 0 radical (unpaired) electrons. The Morgan fingerprint density at radius 3 is 2.63 bits per heavy atom. The second-order valence-corrected chi connectivity index (χ2v) is 7.62. The fourth-order valence-electron chi connectivity index (χ4n) is 4.44. The van der Waals surface area contributed by atoms with Crippen LogP contribution >= 0.6 is 0 Å². The quantitative estimate of drug-likeness (QED) is 0.645. The summed E-state index contributed by atoms with van der Waals surface area (Å²) in [6.45, 7) is 5.27. The molecule has 1 aliphatic heterocycles. The molecule has 3 aromatic rings. The van der Waals surface area contributed by atoms with E-state index in [-0.39, 0.29) is 18.8 Å². The predicted octanol–water partition coefficient (Wildman–Crippen LogP) is 3.61. The lowest BCUT2D eigenvalue weighted by molar-refractivity contribution is -0.0960. The van der Waals surface area contributed by atoms with Gasteiger partial charge in [-0.1, -0.05) is 12.1 Å². The number of ether oxygens (including phenoxy) is 3. The fourth-order valence-corrected chi connectivity index (χ4v) is 4.44. The number of hydrogen-bond donors (Lipinski definition) is 1. The molecule has 0 aliphatic carbocycles. The highest BCUT2D eigenvalue weighted by molar-refractivity contribution is 5.80. The predicted molar refractivity (Wildman–Crippen MR) is 117 cm³/mol. The molecule has 0 spiro atoms. The van der Waals surface area contributed by atoms with Gasteiger partial charge in [0.2, 0.25) is 0 Å². The Morgan fingerprint density at radius 1 is 1.07 bits per heavy atom. The standard InChI is InChI=1S/C24H30N2O4/c1-4-25-10-9-18-13-17(5-7-20(18)25)15-26-11-12-30-23(16-27)24(26)19-6-8-21(28-2)22(14-19)29-3/h5-10,13-14,23-24,27H,4,11-12,15-16H2,1-3H3/t23-,24-/m1/s1. The number of methoxy groups -OCH3 is 2. The average molecular weight is 411 g/mol. The summed E-state index contributed by atoms with van der Waals surface area (Å²) in [7, 11) is 3.27. The van der Waals surface area contributed by atoms with Crippen LogP contribution in [0.15, 0.2) is 48.7 Å². The fraction of sp³-hybridized carbons (Fsp3) is 0.417. The van der Waals surface area contributed by atoms with E-state index in [1.807, 2.05) is 18.2 Å². The van der Waals surface area contributed by atoms with Crippen LogP contribution in [-0.4, -0.2) is 54.7 Å². The number of fused-ring (bicyclic) bond motifs is 1. The van der Waals surface area contributed by atoms with Gasteiger partial charge in [0.05, 0.1) is 33.5 Å². The van der Waals surface area contributed by atoms with E-state index >= 15 is 0 Å². The van der Waals surface area contributed by atoms with Crippen molar-refractivity contribution in [2.45, 2.75) is 32.2 Å². The van der Waals surface area contributed by atoms with Gasteiger partial charge in [0.1, 0.15) is 6.10 Å². The normalized spacial score (nSPS) is 19.9. The van der Waals surface area contributed by atoms with Gasteiger partial charge in [-0.25, -0.2) is 0 Å². The zero-order chi connectivity index (χ0) is 21.1. The van der Waals surface area contributed by atoms with Crippen molar-refractivity contribution < 1.29 is 19.3 Å². The number of hydrogen-bond acceptors (Lipinski definition) is 5. The molecule has 30 heavy (non-hydrogen) atoms. The molecule has 6 heteroatoms. The van der Waals surface area contributed by atoms with E-state index in [2.05, 4.69) is 46.9 Å². The third-order valence-corrected chi connectivity index (χ3v) is 5.95. The molecule has 0 unspecified atom stereocenters. The van der Waals surface area contributed by atoms with Gasteiger partial charge in [-0.15, -0.1) is 0 Å². The lowest BCUT2D eigenvalue weighted by Gasteiger charge is -2.41. The summed E-state index contributed by atoms with van der Waals surface area (Å²) in [5, 5.41) is 11.2. The van der Waals surface area contributed by atoms with Crippen molar-refractivity contribution in [3.05, 3.63) is 59.8 Å². The molecule has 4 rings (SSSR count). The van der Waals surface area contributed by atoms with Crippen molar-refractivity contribution in [2.75, 3.05) is 34.0 Å².